The van der Waals surface area contributed by atoms with Gasteiger partial charge in [-0.15, -0.1) is 0 Å². The van der Waals surface area contributed by atoms with E-state index < -0.39 is 16.9 Å². The number of aromatic nitrogens is 1. The van der Waals surface area contributed by atoms with Crippen LogP contribution in [-0.2, 0) is 9.53 Å². The number of esters is 1. The molecule has 0 radical (unpaired) electrons. The molecule has 0 saturated heterocycles. The average molecular weight is 493 g/mol. The molecule has 11 heteroatoms. The van der Waals surface area contributed by atoms with Crippen molar-refractivity contribution >= 4 is 34.8 Å². The molecule has 0 amide bonds. The van der Waals surface area contributed by atoms with E-state index in [1.807, 2.05) is 0 Å². The van der Waals surface area contributed by atoms with Gasteiger partial charge in [0, 0.05) is 17.8 Å². The first-order chi connectivity index (χ1) is 16.9. The molecule has 0 aliphatic carbocycles. The number of nitro groups is 1. The van der Waals surface area contributed by atoms with Crippen LogP contribution in [0.25, 0.3) is 11.8 Å². The number of carbonyl (C=O) groups excluding carboxylic acids is 1. The number of nitro benzene ring substituents is 1. The number of thiazole rings is 1. The molecule has 0 unspecified atom stereocenters. The van der Waals surface area contributed by atoms with Gasteiger partial charge >= 0.3 is 5.97 Å². The van der Waals surface area contributed by atoms with Crippen LogP contribution < -0.4 is 24.4 Å². The largest absolute Gasteiger partial charge is 0.463 e. The summed E-state index contributed by atoms with van der Waals surface area (Å²) in [4.78, 5) is 41.8. The van der Waals surface area contributed by atoms with E-state index in [1.54, 1.807) is 50.3 Å². The monoisotopic (exact) mass is 493 g/mol. The highest BCUT2D eigenvalue weighted by Crippen LogP contribution is 2.38. The lowest BCUT2D eigenvalue weighted by Gasteiger charge is -2.22. The van der Waals surface area contributed by atoms with Crippen LogP contribution in [0.3, 0.4) is 0 Å². The Morgan fingerprint density at radius 1 is 1.26 bits per heavy atom. The van der Waals surface area contributed by atoms with Gasteiger partial charge in [-0.2, -0.15) is 0 Å². The molecule has 35 heavy (non-hydrogen) atoms. The maximum absolute atomic E-state index is 13.3. The Morgan fingerprint density at radius 2 is 2.00 bits per heavy atom. The lowest BCUT2D eigenvalue weighted by atomic mass is 9.96. The zero-order chi connectivity index (χ0) is 24.7. The number of carbonyl (C=O) groups is 1. The van der Waals surface area contributed by atoms with E-state index >= 15 is 0 Å². The Labute approximate surface area is 202 Å². The number of benzene rings is 2. The minimum absolute atomic E-state index is 0.0382. The molecule has 178 valence electrons. The van der Waals surface area contributed by atoms with Crippen molar-refractivity contribution in [2.45, 2.75) is 19.9 Å². The Morgan fingerprint density at radius 3 is 2.71 bits per heavy atom. The van der Waals surface area contributed by atoms with E-state index in [2.05, 4.69) is 0 Å². The first kappa shape index (κ1) is 22.5. The van der Waals surface area contributed by atoms with E-state index in [0.717, 1.165) is 0 Å². The summed E-state index contributed by atoms with van der Waals surface area (Å²) in [5.74, 6) is 0.608. The van der Waals surface area contributed by atoms with Gasteiger partial charge in [-0.05, 0) is 55.3 Å². The molecule has 5 rings (SSSR count). The van der Waals surface area contributed by atoms with Gasteiger partial charge in [0.1, 0.15) is 6.04 Å². The van der Waals surface area contributed by atoms with E-state index in [1.165, 1.54) is 28.0 Å². The predicted molar refractivity (Wildman–Crippen MR) is 127 cm³/mol. The number of nitrogens with zero attached hydrogens (tertiary/aromatic N) is 3. The van der Waals surface area contributed by atoms with Crippen molar-refractivity contribution in [2.24, 2.45) is 4.99 Å². The first-order valence-electron chi connectivity index (χ1n) is 10.7. The third kappa shape index (κ3) is 3.99. The molecule has 0 fully saturated rings. The Balaban J connectivity index is 1.66. The number of hydrogen-bond acceptors (Lipinski definition) is 9. The van der Waals surface area contributed by atoms with Crippen molar-refractivity contribution in [3.8, 4) is 11.5 Å². The minimum Gasteiger partial charge on any atom is -0.463 e. The summed E-state index contributed by atoms with van der Waals surface area (Å²) in [6, 6.07) is 10.5. The zero-order valence-corrected chi connectivity index (χ0v) is 19.5. The second-order valence-electron chi connectivity index (χ2n) is 7.75. The third-order valence-electron chi connectivity index (χ3n) is 5.65. The lowest BCUT2D eigenvalue weighted by molar-refractivity contribution is -0.384. The molecule has 0 bridgehead atoms. The van der Waals surface area contributed by atoms with Crippen molar-refractivity contribution in [3.63, 3.8) is 0 Å². The van der Waals surface area contributed by atoms with Crippen molar-refractivity contribution in [2.75, 3.05) is 13.4 Å². The third-order valence-corrected chi connectivity index (χ3v) is 6.64. The fourth-order valence-corrected chi connectivity index (χ4v) is 5.02. The molecular weight excluding hydrogens is 474 g/mol. The predicted octanol–water partition coefficient (Wildman–Crippen LogP) is 2.54. The van der Waals surface area contributed by atoms with Crippen molar-refractivity contribution < 1.29 is 23.9 Å². The Kier molecular flexibility index (Phi) is 5.69. The van der Waals surface area contributed by atoms with E-state index in [-0.39, 0.29) is 30.2 Å². The summed E-state index contributed by atoms with van der Waals surface area (Å²) in [5.41, 5.74) is 1.65. The molecular formula is C24H19N3O7S. The summed E-state index contributed by atoms with van der Waals surface area (Å²) < 4.78 is 18.0. The standard InChI is InChI=1S/C24H19N3O7S/c1-3-32-23(29)20-13(2)26-22(28)19(10-14-4-7-16(8-5-14)27(30)31)35-24(26)25-21(20)15-6-9-17-18(11-15)34-12-33-17/h4-11,21H,3,12H2,1-2H3/b19-10-/t21-/m0/s1. The first-order valence-corrected chi connectivity index (χ1v) is 11.5. The van der Waals surface area contributed by atoms with Gasteiger partial charge < -0.3 is 14.2 Å². The highest BCUT2D eigenvalue weighted by molar-refractivity contribution is 7.07. The van der Waals surface area contributed by atoms with Gasteiger partial charge in [-0.1, -0.05) is 17.4 Å². The van der Waals surface area contributed by atoms with Gasteiger partial charge in [0.2, 0.25) is 6.79 Å². The fraction of sp³-hybridized carbons (Fsp3) is 0.208. The van der Waals surface area contributed by atoms with E-state index in [4.69, 9.17) is 19.2 Å². The Hall–Kier alpha value is -4.25. The number of allylic oxidation sites excluding steroid dienone is 1. The van der Waals surface area contributed by atoms with Gasteiger partial charge in [0.25, 0.3) is 11.2 Å². The summed E-state index contributed by atoms with van der Waals surface area (Å²) in [5, 5.41) is 10.9. The van der Waals surface area contributed by atoms with Crippen LogP contribution in [-0.4, -0.2) is 28.9 Å². The van der Waals surface area contributed by atoms with Crippen LogP contribution in [0.4, 0.5) is 5.69 Å². The second kappa shape index (κ2) is 8.84. The van der Waals surface area contributed by atoms with Crippen molar-refractivity contribution in [1.82, 2.24) is 4.57 Å². The van der Waals surface area contributed by atoms with Crippen molar-refractivity contribution in [1.29, 1.82) is 0 Å². The van der Waals surface area contributed by atoms with Crippen molar-refractivity contribution in [3.05, 3.63) is 89.0 Å². The number of non-ortho nitro benzene ring substituents is 1. The van der Waals surface area contributed by atoms with Crippen LogP contribution in [0, 0.1) is 10.1 Å². The summed E-state index contributed by atoms with van der Waals surface area (Å²) in [7, 11) is 0. The lowest BCUT2D eigenvalue weighted by Crippen LogP contribution is -2.35. The highest BCUT2D eigenvalue weighted by Gasteiger charge is 2.32. The maximum atomic E-state index is 13.3. The van der Waals surface area contributed by atoms with Gasteiger partial charge in [-0.25, -0.2) is 9.79 Å². The molecule has 1 aromatic heterocycles. The number of rotatable bonds is 5. The summed E-state index contributed by atoms with van der Waals surface area (Å²) in [6.45, 7) is 3.69. The molecule has 2 aliphatic heterocycles. The molecule has 2 aliphatic rings. The van der Waals surface area contributed by atoms with Gasteiger partial charge in [-0.3, -0.25) is 19.5 Å². The number of ether oxygens (including phenoxy) is 3. The van der Waals surface area contributed by atoms with Crippen LogP contribution in [0.15, 0.2) is 57.8 Å². The molecule has 0 N–H and O–H groups in total. The topological polar surface area (TPSA) is 122 Å². The van der Waals surface area contributed by atoms with E-state index in [9.17, 15) is 19.7 Å². The quantitative estimate of drug-likeness (QED) is 0.304. The molecule has 3 aromatic rings. The fourth-order valence-electron chi connectivity index (χ4n) is 3.99. The molecule has 0 saturated carbocycles. The SMILES string of the molecule is CCOC(=O)C1=C(C)n2c(s/c(=C\c3ccc([N+](=O)[O-])cc3)c2=O)=N[C@H]1c1ccc2c(c1)OCO2. The zero-order valence-electron chi connectivity index (χ0n) is 18.7. The number of hydrogen-bond donors (Lipinski definition) is 0. The van der Waals surface area contributed by atoms with E-state index in [0.29, 0.717) is 37.7 Å². The summed E-state index contributed by atoms with van der Waals surface area (Å²) >= 11 is 1.17. The molecule has 1 atom stereocenters. The van der Waals surface area contributed by atoms with Crippen LogP contribution in [0.1, 0.15) is 31.0 Å². The minimum atomic E-state index is -0.700. The normalized spacial score (nSPS) is 16.6. The van der Waals surface area contributed by atoms with Gasteiger partial charge in [0.15, 0.2) is 16.3 Å². The average Bonchev–Trinajstić information content (AvgIpc) is 3.43. The molecule has 3 heterocycles. The maximum Gasteiger partial charge on any atom is 0.338 e. The smallest absolute Gasteiger partial charge is 0.338 e. The molecule has 0 spiro atoms. The molecule has 10 nitrogen and oxygen atoms in total. The van der Waals surface area contributed by atoms with Crippen LogP contribution in [0.5, 0.6) is 11.5 Å². The van der Waals surface area contributed by atoms with Crippen LogP contribution >= 0.6 is 11.3 Å². The second-order valence-corrected chi connectivity index (χ2v) is 8.76. The Bertz CT molecular complexity index is 1570. The highest BCUT2D eigenvalue weighted by atomic mass is 32.1. The van der Waals surface area contributed by atoms with Crippen LogP contribution in [0.2, 0.25) is 0 Å². The number of fused-ring (bicyclic) bond motifs is 2. The van der Waals surface area contributed by atoms with Gasteiger partial charge in [0.05, 0.1) is 21.6 Å². The molecule has 2 aromatic carbocycles. The summed E-state index contributed by atoms with van der Waals surface area (Å²) in [6.07, 6.45) is 1.64.